The molecular weight excluding hydrogens is 315 g/mol. The fourth-order valence-corrected chi connectivity index (χ4v) is 2.47. The van der Waals surface area contributed by atoms with Crippen molar-refractivity contribution in [2.45, 2.75) is 38.5 Å². The highest BCUT2D eigenvalue weighted by Crippen LogP contribution is 2.28. The van der Waals surface area contributed by atoms with Gasteiger partial charge in [0, 0.05) is 12.0 Å². The topological polar surface area (TPSA) is 25.8 Å². The molecule has 24 heavy (non-hydrogen) atoms. The highest BCUT2D eigenvalue weighted by atomic mass is 19.4. The predicted molar refractivity (Wildman–Crippen MR) is 87.9 cm³/mol. The molecule has 2 nitrogen and oxygen atoms in total. The van der Waals surface area contributed by atoms with E-state index in [1.54, 1.807) is 19.2 Å². The summed E-state index contributed by atoms with van der Waals surface area (Å²) in [5, 5.41) is 2.16. The minimum Gasteiger partial charge on any atom is -0.497 e. The molecule has 0 aromatic heterocycles. The number of aryl methyl sites for hydroxylation is 1. The van der Waals surface area contributed by atoms with Gasteiger partial charge in [-0.05, 0) is 43.2 Å². The molecule has 2 aromatic rings. The normalized spacial score (nSPS) is 12.9. The molecule has 1 atom stereocenters. The van der Waals surface area contributed by atoms with Crippen LogP contribution in [0.3, 0.4) is 0 Å². The number of methoxy groups -OCH3 is 1. The lowest BCUT2D eigenvalue weighted by atomic mass is 10.1. The molecule has 0 radical (unpaired) electrons. The van der Waals surface area contributed by atoms with E-state index in [4.69, 9.17) is 4.74 Å². The van der Waals surface area contributed by atoms with Crippen LogP contribution in [0.4, 0.5) is 13.2 Å². The van der Waals surface area contributed by atoms with Crippen LogP contribution in [0.5, 0.6) is 5.75 Å². The maximum Gasteiger partial charge on any atom is 0.416 e. The van der Waals surface area contributed by atoms with Gasteiger partial charge in [-0.25, -0.2) is 0 Å². The Morgan fingerprint density at radius 1 is 0.958 bits per heavy atom. The fraction of sp³-hybridized carbons (Fsp3) is 0.368. The van der Waals surface area contributed by atoms with Crippen LogP contribution in [0.2, 0.25) is 0 Å². The van der Waals surface area contributed by atoms with Crippen LogP contribution >= 0.6 is 0 Å². The van der Waals surface area contributed by atoms with Crippen molar-refractivity contribution in [1.82, 2.24) is 0 Å². The number of ether oxygens (including phenoxy) is 1. The van der Waals surface area contributed by atoms with Crippen molar-refractivity contribution in [3.05, 3.63) is 65.2 Å². The van der Waals surface area contributed by atoms with Gasteiger partial charge in [0.25, 0.3) is 0 Å². The number of halogens is 3. The summed E-state index contributed by atoms with van der Waals surface area (Å²) in [6.45, 7) is 2.82. The molecule has 5 heteroatoms. The zero-order valence-corrected chi connectivity index (χ0v) is 13.9. The highest BCUT2D eigenvalue weighted by molar-refractivity contribution is 5.27. The Morgan fingerprint density at radius 2 is 1.54 bits per heavy atom. The average molecular weight is 338 g/mol. The van der Waals surface area contributed by atoms with Gasteiger partial charge in [-0.1, -0.05) is 24.3 Å². The van der Waals surface area contributed by atoms with Crippen molar-refractivity contribution in [2.75, 3.05) is 7.11 Å². The van der Waals surface area contributed by atoms with E-state index >= 15 is 0 Å². The summed E-state index contributed by atoms with van der Waals surface area (Å²) >= 11 is 0. The van der Waals surface area contributed by atoms with Gasteiger partial charge >= 0.3 is 6.18 Å². The first-order valence-electron chi connectivity index (χ1n) is 8.01. The number of benzene rings is 2. The van der Waals surface area contributed by atoms with E-state index in [-0.39, 0.29) is 0 Å². The summed E-state index contributed by atoms with van der Waals surface area (Å²) in [7, 11) is 1.65. The molecule has 0 bridgehead atoms. The molecule has 0 unspecified atom stereocenters. The number of quaternary nitrogens is 1. The molecule has 130 valence electrons. The quantitative estimate of drug-likeness (QED) is 0.816. The monoisotopic (exact) mass is 338 g/mol. The standard InChI is InChI=1S/C19H22F3NO/c1-14(3-4-15-7-11-18(24-2)12-8-15)23-13-16-5-9-17(10-6-16)19(20,21)22/h5-12,14,23H,3-4,13H2,1-2H3/p+1/t14-/m0/s1. The molecular formula is C19H23F3NO+. The summed E-state index contributed by atoms with van der Waals surface area (Å²) in [5.41, 5.74) is 1.56. The Labute approximate surface area is 140 Å². The molecule has 0 heterocycles. The third kappa shape index (κ3) is 5.57. The van der Waals surface area contributed by atoms with Crippen LogP contribution in [0, 0.1) is 0 Å². The maximum atomic E-state index is 12.5. The molecule has 0 aliphatic carbocycles. The third-order valence-corrected chi connectivity index (χ3v) is 4.08. The second-order valence-corrected chi connectivity index (χ2v) is 6.00. The highest BCUT2D eigenvalue weighted by Gasteiger charge is 2.29. The van der Waals surface area contributed by atoms with Crippen LogP contribution in [0.25, 0.3) is 0 Å². The summed E-state index contributed by atoms with van der Waals surface area (Å²) in [6, 6.07) is 13.8. The molecule has 2 rings (SSSR count). The molecule has 0 spiro atoms. The largest absolute Gasteiger partial charge is 0.497 e. The van der Waals surface area contributed by atoms with Crippen LogP contribution in [-0.2, 0) is 19.1 Å². The first-order valence-corrected chi connectivity index (χ1v) is 8.01. The number of alkyl halides is 3. The van der Waals surface area contributed by atoms with E-state index in [2.05, 4.69) is 24.4 Å². The molecule has 0 fully saturated rings. The zero-order valence-electron chi connectivity index (χ0n) is 13.9. The van der Waals surface area contributed by atoms with Gasteiger partial charge in [0.1, 0.15) is 12.3 Å². The van der Waals surface area contributed by atoms with Crippen molar-refractivity contribution in [3.63, 3.8) is 0 Å². The van der Waals surface area contributed by atoms with Crippen molar-refractivity contribution >= 4 is 0 Å². The van der Waals surface area contributed by atoms with Gasteiger partial charge in [0.15, 0.2) is 0 Å². The number of hydrogen-bond donors (Lipinski definition) is 1. The van der Waals surface area contributed by atoms with Gasteiger partial charge in [0.2, 0.25) is 0 Å². The van der Waals surface area contributed by atoms with E-state index in [1.165, 1.54) is 5.56 Å². The minimum atomic E-state index is -4.27. The summed E-state index contributed by atoms with van der Waals surface area (Å²) in [6.07, 6.45) is -2.30. The van der Waals surface area contributed by atoms with Crippen LogP contribution < -0.4 is 10.1 Å². The Bertz CT molecular complexity index is 621. The van der Waals surface area contributed by atoms with Gasteiger partial charge in [-0.2, -0.15) is 13.2 Å². The zero-order chi connectivity index (χ0) is 17.6. The molecule has 0 aliphatic rings. The molecule has 0 saturated heterocycles. The summed E-state index contributed by atoms with van der Waals surface area (Å²) in [5.74, 6) is 0.848. The van der Waals surface area contributed by atoms with Gasteiger partial charge in [-0.15, -0.1) is 0 Å². The Hall–Kier alpha value is -2.01. The van der Waals surface area contributed by atoms with E-state index in [0.717, 1.165) is 36.3 Å². The molecule has 0 amide bonds. The lowest BCUT2D eigenvalue weighted by Gasteiger charge is -2.12. The third-order valence-electron chi connectivity index (χ3n) is 4.08. The summed E-state index contributed by atoms with van der Waals surface area (Å²) < 4.78 is 42.7. The van der Waals surface area contributed by atoms with Crippen molar-refractivity contribution in [2.24, 2.45) is 0 Å². The van der Waals surface area contributed by atoms with E-state index < -0.39 is 11.7 Å². The number of rotatable bonds is 7. The second-order valence-electron chi connectivity index (χ2n) is 6.00. The lowest BCUT2D eigenvalue weighted by molar-refractivity contribution is -0.701. The van der Waals surface area contributed by atoms with Crippen LogP contribution in [-0.4, -0.2) is 13.2 Å². The Kier molecular flexibility index (Phi) is 6.26. The SMILES string of the molecule is COc1ccc(CC[C@H](C)[NH2+]Cc2ccc(C(F)(F)F)cc2)cc1. The maximum absolute atomic E-state index is 12.5. The van der Waals surface area contributed by atoms with E-state index in [9.17, 15) is 13.2 Å². The van der Waals surface area contributed by atoms with Crippen molar-refractivity contribution in [3.8, 4) is 5.75 Å². The van der Waals surface area contributed by atoms with Crippen molar-refractivity contribution < 1.29 is 23.2 Å². The first-order chi connectivity index (χ1) is 11.4. The number of nitrogens with two attached hydrogens (primary N) is 1. The smallest absolute Gasteiger partial charge is 0.416 e. The van der Waals surface area contributed by atoms with Gasteiger partial charge < -0.3 is 10.1 Å². The minimum absolute atomic E-state index is 0.398. The summed E-state index contributed by atoms with van der Waals surface area (Å²) in [4.78, 5) is 0. The fourth-order valence-electron chi connectivity index (χ4n) is 2.47. The number of hydrogen-bond acceptors (Lipinski definition) is 1. The average Bonchev–Trinajstić information content (AvgIpc) is 2.58. The van der Waals surface area contributed by atoms with Crippen LogP contribution in [0.15, 0.2) is 48.5 Å². The van der Waals surface area contributed by atoms with Crippen molar-refractivity contribution in [1.29, 1.82) is 0 Å². The van der Waals surface area contributed by atoms with E-state index in [1.807, 2.05) is 12.1 Å². The molecule has 0 saturated carbocycles. The molecule has 0 aliphatic heterocycles. The second kappa shape index (κ2) is 8.20. The van der Waals surface area contributed by atoms with Gasteiger partial charge in [0.05, 0.1) is 18.7 Å². The lowest BCUT2D eigenvalue weighted by Crippen LogP contribution is -2.87. The van der Waals surface area contributed by atoms with Gasteiger partial charge in [-0.3, -0.25) is 0 Å². The Balaban J connectivity index is 1.77. The Morgan fingerprint density at radius 3 is 2.08 bits per heavy atom. The molecule has 2 aromatic carbocycles. The van der Waals surface area contributed by atoms with E-state index in [0.29, 0.717) is 12.6 Å². The molecule has 2 N–H and O–H groups in total. The first kappa shape index (κ1) is 18.3. The van der Waals surface area contributed by atoms with Crippen LogP contribution in [0.1, 0.15) is 30.0 Å². The predicted octanol–water partition coefficient (Wildman–Crippen LogP) is 3.80.